The van der Waals surface area contributed by atoms with Gasteiger partial charge in [-0.1, -0.05) is 24.3 Å². The van der Waals surface area contributed by atoms with Crippen molar-refractivity contribution in [2.24, 2.45) is 0 Å². The van der Waals surface area contributed by atoms with Crippen LogP contribution in [0.5, 0.6) is 0 Å². The number of nitrogens with zero attached hydrogens (tertiary/aromatic N) is 1. The number of carbonyl (C=O) groups excluding carboxylic acids is 1. The summed E-state index contributed by atoms with van der Waals surface area (Å²) in [6, 6.07) is 7.62. The fourth-order valence-corrected chi connectivity index (χ4v) is 2.45. The van der Waals surface area contributed by atoms with Crippen LogP contribution in [0.1, 0.15) is 23.5 Å². The number of fused-ring (bicyclic) bond motifs is 1. The standard InChI is InChI=1S/C14H18N2O3/c1-15-13(17)6-7-16-8-10-4-2-3-5-11(10)12(9-16)14(18)19/h2-5,12H,6-9H2,1H3,(H,15,17)(H,18,19). The Kier molecular flexibility index (Phi) is 4.16. The van der Waals surface area contributed by atoms with E-state index in [1.807, 2.05) is 29.2 Å². The van der Waals surface area contributed by atoms with Crippen molar-refractivity contribution in [3.63, 3.8) is 0 Å². The average Bonchev–Trinajstić information content (AvgIpc) is 2.43. The van der Waals surface area contributed by atoms with E-state index in [9.17, 15) is 14.7 Å². The van der Waals surface area contributed by atoms with E-state index in [1.165, 1.54) is 0 Å². The largest absolute Gasteiger partial charge is 0.481 e. The Morgan fingerprint density at radius 2 is 2.16 bits per heavy atom. The van der Waals surface area contributed by atoms with Crippen LogP contribution in [0.15, 0.2) is 24.3 Å². The smallest absolute Gasteiger partial charge is 0.312 e. The maximum Gasteiger partial charge on any atom is 0.312 e. The molecule has 1 aliphatic heterocycles. The monoisotopic (exact) mass is 262 g/mol. The van der Waals surface area contributed by atoms with E-state index >= 15 is 0 Å². The average molecular weight is 262 g/mol. The highest BCUT2D eigenvalue weighted by Gasteiger charge is 2.29. The Morgan fingerprint density at radius 3 is 2.84 bits per heavy atom. The number of carboxylic acids is 1. The first-order chi connectivity index (χ1) is 9.11. The molecular weight excluding hydrogens is 244 g/mol. The van der Waals surface area contributed by atoms with E-state index in [0.29, 0.717) is 26.1 Å². The summed E-state index contributed by atoms with van der Waals surface area (Å²) < 4.78 is 0. The molecule has 1 aromatic carbocycles. The SMILES string of the molecule is CNC(=O)CCN1Cc2ccccc2C(C(=O)O)C1. The van der Waals surface area contributed by atoms with Crippen LogP contribution in [-0.2, 0) is 16.1 Å². The van der Waals surface area contributed by atoms with Crippen molar-refractivity contribution in [1.82, 2.24) is 10.2 Å². The summed E-state index contributed by atoms with van der Waals surface area (Å²) in [7, 11) is 1.61. The van der Waals surface area contributed by atoms with Gasteiger partial charge in [-0.25, -0.2) is 0 Å². The summed E-state index contributed by atoms with van der Waals surface area (Å²) >= 11 is 0. The van der Waals surface area contributed by atoms with Crippen molar-refractivity contribution in [2.75, 3.05) is 20.1 Å². The molecule has 1 unspecified atom stereocenters. The number of carbonyl (C=O) groups is 2. The van der Waals surface area contributed by atoms with Gasteiger partial charge in [-0.2, -0.15) is 0 Å². The summed E-state index contributed by atoms with van der Waals surface area (Å²) in [4.78, 5) is 24.6. The van der Waals surface area contributed by atoms with Crippen LogP contribution in [0.2, 0.25) is 0 Å². The first-order valence-corrected chi connectivity index (χ1v) is 6.35. The van der Waals surface area contributed by atoms with E-state index in [1.54, 1.807) is 7.05 Å². The molecule has 0 aliphatic carbocycles. The number of hydrogen-bond donors (Lipinski definition) is 2. The molecule has 0 fully saturated rings. The number of rotatable bonds is 4. The van der Waals surface area contributed by atoms with E-state index < -0.39 is 11.9 Å². The first kappa shape index (κ1) is 13.5. The number of carboxylic acid groups (broad SMARTS) is 1. The summed E-state index contributed by atoms with van der Waals surface area (Å²) in [5.41, 5.74) is 1.93. The molecule has 0 bridgehead atoms. The summed E-state index contributed by atoms with van der Waals surface area (Å²) in [5, 5.41) is 11.9. The molecule has 1 atom stereocenters. The lowest BCUT2D eigenvalue weighted by atomic mass is 9.90. The second kappa shape index (κ2) is 5.84. The number of benzene rings is 1. The van der Waals surface area contributed by atoms with Crippen LogP contribution in [0.3, 0.4) is 0 Å². The Bertz CT molecular complexity index is 487. The molecule has 5 nitrogen and oxygen atoms in total. The van der Waals surface area contributed by atoms with Gasteiger partial charge in [-0.3, -0.25) is 14.5 Å². The van der Waals surface area contributed by atoms with Gasteiger partial charge in [0.2, 0.25) is 5.91 Å². The Balaban J connectivity index is 2.11. The maximum absolute atomic E-state index is 11.4. The van der Waals surface area contributed by atoms with Crippen LogP contribution >= 0.6 is 0 Å². The van der Waals surface area contributed by atoms with Crippen molar-refractivity contribution in [3.05, 3.63) is 35.4 Å². The molecule has 0 radical (unpaired) electrons. The molecule has 0 aromatic heterocycles. The van der Waals surface area contributed by atoms with Crippen molar-refractivity contribution in [3.8, 4) is 0 Å². The highest BCUT2D eigenvalue weighted by Crippen LogP contribution is 2.28. The first-order valence-electron chi connectivity index (χ1n) is 6.35. The fraction of sp³-hybridized carbons (Fsp3) is 0.429. The molecular formula is C14H18N2O3. The van der Waals surface area contributed by atoms with Gasteiger partial charge in [0.25, 0.3) is 0 Å². The second-order valence-corrected chi connectivity index (χ2v) is 4.75. The molecule has 1 amide bonds. The van der Waals surface area contributed by atoms with Crippen molar-refractivity contribution >= 4 is 11.9 Å². The molecule has 0 saturated carbocycles. The highest BCUT2D eigenvalue weighted by atomic mass is 16.4. The second-order valence-electron chi connectivity index (χ2n) is 4.75. The van der Waals surface area contributed by atoms with Gasteiger partial charge < -0.3 is 10.4 Å². The molecule has 0 saturated heterocycles. The molecule has 102 valence electrons. The Labute approximate surface area is 112 Å². The molecule has 0 spiro atoms. The van der Waals surface area contributed by atoms with Gasteiger partial charge >= 0.3 is 5.97 Å². The minimum atomic E-state index is -0.808. The molecule has 2 rings (SSSR count). The minimum absolute atomic E-state index is 0.0225. The van der Waals surface area contributed by atoms with Gasteiger partial charge in [0, 0.05) is 33.1 Å². The minimum Gasteiger partial charge on any atom is -0.481 e. The summed E-state index contributed by atoms with van der Waals surface area (Å²) in [5.74, 6) is -1.34. The van der Waals surface area contributed by atoms with Crippen LogP contribution in [0.25, 0.3) is 0 Å². The predicted octanol–water partition coefficient (Wildman–Crippen LogP) is 0.806. The highest BCUT2D eigenvalue weighted by molar-refractivity contribution is 5.77. The number of nitrogens with one attached hydrogen (secondary N) is 1. The molecule has 5 heteroatoms. The topological polar surface area (TPSA) is 69.6 Å². The zero-order chi connectivity index (χ0) is 13.8. The van der Waals surface area contributed by atoms with Gasteiger partial charge in [0.05, 0.1) is 5.92 Å². The number of aliphatic carboxylic acids is 1. The van der Waals surface area contributed by atoms with E-state index in [2.05, 4.69) is 5.32 Å². The van der Waals surface area contributed by atoms with Crippen molar-refractivity contribution in [2.45, 2.75) is 18.9 Å². The Hall–Kier alpha value is -1.88. The van der Waals surface area contributed by atoms with E-state index in [4.69, 9.17) is 0 Å². The zero-order valence-corrected chi connectivity index (χ0v) is 10.9. The molecule has 2 N–H and O–H groups in total. The third-order valence-electron chi connectivity index (χ3n) is 3.50. The van der Waals surface area contributed by atoms with Crippen molar-refractivity contribution in [1.29, 1.82) is 0 Å². The third kappa shape index (κ3) is 3.12. The maximum atomic E-state index is 11.4. The lowest BCUT2D eigenvalue weighted by Crippen LogP contribution is -2.38. The van der Waals surface area contributed by atoms with Gasteiger partial charge in [0.15, 0.2) is 0 Å². The van der Waals surface area contributed by atoms with Crippen LogP contribution in [-0.4, -0.2) is 42.0 Å². The Morgan fingerprint density at radius 1 is 1.42 bits per heavy atom. The van der Waals surface area contributed by atoms with Crippen LogP contribution in [0.4, 0.5) is 0 Å². The summed E-state index contributed by atoms with van der Waals surface area (Å²) in [6.07, 6.45) is 0.394. The van der Waals surface area contributed by atoms with Crippen molar-refractivity contribution < 1.29 is 14.7 Å². The summed E-state index contributed by atoms with van der Waals surface area (Å²) in [6.45, 7) is 1.75. The molecule has 1 aromatic rings. The number of amides is 1. The fourth-order valence-electron chi connectivity index (χ4n) is 2.45. The normalized spacial score (nSPS) is 18.7. The predicted molar refractivity (Wildman–Crippen MR) is 70.8 cm³/mol. The molecule has 19 heavy (non-hydrogen) atoms. The number of hydrogen-bond acceptors (Lipinski definition) is 3. The van der Waals surface area contributed by atoms with Gasteiger partial charge in [0.1, 0.15) is 0 Å². The molecule has 1 heterocycles. The van der Waals surface area contributed by atoms with Gasteiger partial charge in [-0.15, -0.1) is 0 Å². The third-order valence-corrected chi connectivity index (χ3v) is 3.50. The lowest BCUT2D eigenvalue weighted by molar-refractivity contribution is -0.139. The van der Waals surface area contributed by atoms with Gasteiger partial charge in [-0.05, 0) is 11.1 Å². The van der Waals surface area contributed by atoms with E-state index in [-0.39, 0.29) is 5.91 Å². The van der Waals surface area contributed by atoms with Crippen LogP contribution < -0.4 is 5.32 Å². The van der Waals surface area contributed by atoms with Crippen LogP contribution in [0, 0.1) is 0 Å². The quantitative estimate of drug-likeness (QED) is 0.842. The zero-order valence-electron chi connectivity index (χ0n) is 10.9. The van der Waals surface area contributed by atoms with E-state index in [0.717, 1.165) is 11.1 Å². The lowest BCUT2D eigenvalue weighted by Gasteiger charge is -2.32. The molecule has 1 aliphatic rings.